The fourth-order valence-corrected chi connectivity index (χ4v) is 2.48. The summed E-state index contributed by atoms with van der Waals surface area (Å²) in [6, 6.07) is 11.7. The average molecular weight is 313 g/mol. The summed E-state index contributed by atoms with van der Waals surface area (Å²) in [5.41, 5.74) is 4.06. The fraction of sp³-hybridized carbons (Fsp3) is 0.316. The zero-order chi connectivity index (χ0) is 16.8. The molecule has 0 bridgehead atoms. The molecule has 0 aliphatic carbocycles. The van der Waals surface area contributed by atoms with Gasteiger partial charge in [-0.1, -0.05) is 18.2 Å². The Balaban J connectivity index is 2.02. The molecular formula is C19H23NO3. The summed E-state index contributed by atoms with van der Waals surface area (Å²) in [4.78, 5) is 12.2. The number of hydrogen-bond donors (Lipinski definition) is 1. The summed E-state index contributed by atoms with van der Waals surface area (Å²) in [5.74, 6) is 1.47. The summed E-state index contributed by atoms with van der Waals surface area (Å²) < 4.78 is 10.5. The predicted octanol–water partition coefficient (Wildman–Crippen LogP) is 3.89. The van der Waals surface area contributed by atoms with Crippen molar-refractivity contribution in [2.45, 2.75) is 26.7 Å². The highest BCUT2D eigenvalue weighted by molar-refractivity contribution is 5.92. The summed E-state index contributed by atoms with van der Waals surface area (Å²) in [6.45, 7) is 3.99. The predicted molar refractivity (Wildman–Crippen MR) is 92.4 cm³/mol. The summed E-state index contributed by atoms with van der Waals surface area (Å²) in [7, 11) is 3.23. The van der Waals surface area contributed by atoms with Crippen LogP contribution in [0.15, 0.2) is 36.4 Å². The van der Waals surface area contributed by atoms with Crippen LogP contribution in [0.2, 0.25) is 0 Å². The summed E-state index contributed by atoms with van der Waals surface area (Å²) in [5, 5.41) is 3.00. The van der Waals surface area contributed by atoms with E-state index in [1.54, 1.807) is 14.2 Å². The molecule has 0 saturated heterocycles. The van der Waals surface area contributed by atoms with Crippen LogP contribution in [-0.2, 0) is 11.2 Å². The fourth-order valence-electron chi connectivity index (χ4n) is 2.48. The van der Waals surface area contributed by atoms with Crippen LogP contribution in [0, 0.1) is 13.8 Å². The lowest BCUT2D eigenvalue weighted by atomic mass is 10.1. The molecule has 4 heteroatoms. The first-order valence-corrected chi connectivity index (χ1v) is 7.61. The maximum absolute atomic E-state index is 12.2. The van der Waals surface area contributed by atoms with Crippen molar-refractivity contribution in [2.24, 2.45) is 0 Å². The molecule has 2 aromatic rings. The van der Waals surface area contributed by atoms with Gasteiger partial charge in [0.1, 0.15) is 11.5 Å². The molecule has 122 valence electrons. The average Bonchev–Trinajstić information content (AvgIpc) is 2.56. The number of benzene rings is 2. The van der Waals surface area contributed by atoms with Crippen LogP contribution < -0.4 is 14.8 Å². The molecule has 23 heavy (non-hydrogen) atoms. The highest BCUT2D eigenvalue weighted by Gasteiger charge is 2.09. The smallest absolute Gasteiger partial charge is 0.224 e. The van der Waals surface area contributed by atoms with Crippen LogP contribution in [0.3, 0.4) is 0 Å². The molecule has 4 nitrogen and oxygen atoms in total. The minimum absolute atomic E-state index is 0.00388. The Labute approximate surface area is 137 Å². The highest BCUT2D eigenvalue weighted by atomic mass is 16.5. The lowest BCUT2D eigenvalue weighted by Crippen LogP contribution is -2.14. The molecule has 0 spiro atoms. The third kappa shape index (κ3) is 4.49. The van der Waals surface area contributed by atoms with Gasteiger partial charge in [0.2, 0.25) is 5.91 Å². The lowest BCUT2D eigenvalue weighted by Gasteiger charge is -2.12. The Hall–Kier alpha value is -2.49. The number of para-hydroxylation sites is 1. The van der Waals surface area contributed by atoms with Gasteiger partial charge in [0.15, 0.2) is 0 Å². The Morgan fingerprint density at radius 3 is 2.09 bits per heavy atom. The highest BCUT2D eigenvalue weighted by Crippen LogP contribution is 2.24. The van der Waals surface area contributed by atoms with Crippen molar-refractivity contribution < 1.29 is 14.3 Å². The van der Waals surface area contributed by atoms with E-state index in [-0.39, 0.29) is 5.91 Å². The van der Waals surface area contributed by atoms with E-state index in [2.05, 4.69) is 5.32 Å². The lowest BCUT2D eigenvalue weighted by molar-refractivity contribution is -0.116. The van der Waals surface area contributed by atoms with Crippen molar-refractivity contribution >= 4 is 11.6 Å². The van der Waals surface area contributed by atoms with Crippen LogP contribution in [0.1, 0.15) is 23.1 Å². The molecule has 0 radical (unpaired) electrons. The van der Waals surface area contributed by atoms with Gasteiger partial charge in [-0.05, 0) is 49.1 Å². The van der Waals surface area contributed by atoms with Gasteiger partial charge in [0.25, 0.3) is 0 Å². The molecule has 0 aromatic heterocycles. The Morgan fingerprint density at radius 2 is 1.57 bits per heavy atom. The third-order valence-corrected chi connectivity index (χ3v) is 3.80. The molecule has 1 amide bonds. The first kappa shape index (κ1) is 16.9. The molecule has 1 N–H and O–H groups in total. The number of carbonyl (C=O) groups excluding carboxylic acids is 1. The van der Waals surface area contributed by atoms with Gasteiger partial charge < -0.3 is 14.8 Å². The van der Waals surface area contributed by atoms with Crippen molar-refractivity contribution in [3.8, 4) is 11.5 Å². The van der Waals surface area contributed by atoms with Crippen LogP contribution >= 0.6 is 0 Å². The van der Waals surface area contributed by atoms with Crippen molar-refractivity contribution in [2.75, 3.05) is 19.5 Å². The Kier molecular flexibility index (Phi) is 5.63. The molecule has 2 aromatic carbocycles. The number of hydrogen-bond acceptors (Lipinski definition) is 3. The normalized spacial score (nSPS) is 10.3. The molecule has 0 fully saturated rings. The number of amides is 1. The number of aryl methyl sites for hydroxylation is 3. The second kappa shape index (κ2) is 7.68. The van der Waals surface area contributed by atoms with Gasteiger partial charge >= 0.3 is 0 Å². The van der Waals surface area contributed by atoms with Crippen LogP contribution in [0.5, 0.6) is 11.5 Å². The zero-order valence-electron chi connectivity index (χ0n) is 14.1. The van der Waals surface area contributed by atoms with E-state index in [1.165, 1.54) is 0 Å². The molecule has 0 atom stereocenters. The number of anilines is 1. The molecule has 0 aliphatic heterocycles. The molecule has 0 heterocycles. The first-order chi connectivity index (χ1) is 11.0. The minimum Gasteiger partial charge on any atom is -0.497 e. The van der Waals surface area contributed by atoms with E-state index in [0.717, 1.165) is 33.9 Å². The van der Waals surface area contributed by atoms with Crippen molar-refractivity contribution in [3.63, 3.8) is 0 Å². The van der Waals surface area contributed by atoms with Crippen molar-refractivity contribution in [1.82, 2.24) is 0 Å². The molecule has 0 unspecified atom stereocenters. The number of carbonyl (C=O) groups is 1. The topological polar surface area (TPSA) is 47.6 Å². The maximum atomic E-state index is 12.2. The summed E-state index contributed by atoms with van der Waals surface area (Å²) >= 11 is 0. The zero-order valence-corrected chi connectivity index (χ0v) is 14.1. The van der Waals surface area contributed by atoms with Gasteiger partial charge in [0.05, 0.1) is 14.2 Å². The maximum Gasteiger partial charge on any atom is 0.224 e. The van der Waals surface area contributed by atoms with E-state index < -0.39 is 0 Å². The number of nitrogens with one attached hydrogen (secondary N) is 1. The molecule has 2 rings (SSSR count). The second-order valence-corrected chi connectivity index (χ2v) is 5.54. The Bertz CT molecular complexity index is 653. The quantitative estimate of drug-likeness (QED) is 0.880. The number of ether oxygens (including phenoxy) is 2. The van der Waals surface area contributed by atoms with E-state index in [4.69, 9.17) is 9.47 Å². The Morgan fingerprint density at radius 1 is 1.00 bits per heavy atom. The molecule has 0 aliphatic rings. The van der Waals surface area contributed by atoms with Gasteiger partial charge in [-0.3, -0.25) is 4.79 Å². The minimum atomic E-state index is 0.00388. The van der Waals surface area contributed by atoms with Crippen LogP contribution in [-0.4, -0.2) is 20.1 Å². The molecule has 0 saturated carbocycles. The standard InChI is InChI=1S/C19H23NO3/c1-13-6-5-7-14(2)19(13)20-18(21)9-8-15-10-16(22-3)12-17(11-15)23-4/h5-7,10-12H,8-9H2,1-4H3,(H,20,21). The van der Waals surface area contributed by atoms with Gasteiger partial charge in [-0.2, -0.15) is 0 Å². The number of methoxy groups -OCH3 is 2. The van der Waals surface area contributed by atoms with Gasteiger partial charge in [-0.15, -0.1) is 0 Å². The van der Waals surface area contributed by atoms with E-state index >= 15 is 0 Å². The van der Waals surface area contributed by atoms with Crippen LogP contribution in [0.25, 0.3) is 0 Å². The van der Waals surface area contributed by atoms with Gasteiger partial charge in [0, 0.05) is 18.2 Å². The van der Waals surface area contributed by atoms with E-state index in [9.17, 15) is 4.79 Å². The summed E-state index contributed by atoms with van der Waals surface area (Å²) in [6.07, 6.45) is 1.04. The molecular weight excluding hydrogens is 290 g/mol. The third-order valence-electron chi connectivity index (χ3n) is 3.80. The van der Waals surface area contributed by atoms with Gasteiger partial charge in [-0.25, -0.2) is 0 Å². The first-order valence-electron chi connectivity index (χ1n) is 7.61. The van der Waals surface area contributed by atoms with Crippen molar-refractivity contribution in [3.05, 3.63) is 53.1 Å². The van der Waals surface area contributed by atoms with Crippen LogP contribution in [0.4, 0.5) is 5.69 Å². The monoisotopic (exact) mass is 313 g/mol. The van der Waals surface area contributed by atoms with Crippen molar-refractivity contribution in [1.29, 1.82) is 0 Å². The van der Waals surface area contributed by atoms with E-state index in [1.807, 2.05) is 50.2 Å². The SMILES string of the molecule is COc1cc(CCC(=O)Nc2c(C)cccc2C)cc(OC)c1. The second-order valence-electron chi connectivity index (χ2n) is 5.54. The van der Waals surface area contributed by atoms with E-state index in [0.29, 0.717) is 12.8 Å². The number of rotatable bonds is 6. The largest absolute Gasteiger partial charge is 0.497 e.